The number of nitrogens with zero attached hydrogens (tertiary/aromatic N) is 2. The van der Waals surface area contributed by atoms with E-state index in [1.54, 1.807) is 12.4 Å². The summed E-state index contributed by atoms with van der Waals surface area (Å²) in [4.78, 5) is 8.77. The van der Waals surface area contributed by atoms with Gasteiger partial charge in [0, 0.05) is 24.5 Å². The number of para-hydroxylation sites is 1. The maximum Gasteiger partial charge on any atom is 0.152 e. The van der Waals surface area contributed by atoms with Crippen LogP contribution in [0.4, 0.5) is 5.82 Å². The minimum atomic E-state index is 0.125. The average Bonchev–Trinajstić information content (AvgIpc) is 2.40. The number of hydrogen-bond acceptors (Lipinski definition) is 4. The number of hydrogen-bond donors (Lipinski definition) is 1. The lowest BCUT2D eigenvalue weighted by Gasteiger charge is -2.15. The van der Waals surface area contributed by atoms with E-state index in [1.165, 1.54) is 0 Å². The molecular weight excluding hydrogens is 238 g/mol. The van der Waals surface area contributed by atoms with Crippen molar-refractivity contribution in [2.24, 2.45) is 0 Å². The molecule has 0 aliphatic rings. The maximum atomic E-state index is 5.84. The summed E-state index contributed by atoms with van der Waals surface area (Å²) in [6.45, 7) is 6.87. The Bertz CT molecular complexity index is 540. The SMILES string of the molecule is CCNc1nccnc1-c1ccccc1OC(C)C. The largest absolute Gasteiger partial charge is 0.490 e. The van der Waals surface area contributed by atoms with Gasteiger partial charge in [0.25, 0.3) is 0 Å². The molecule has 0 spiro atoms. The van der Waals surface area contributed by atoms with E-state index in [1.807, 2.05) is 45.0 Å². The van der Waals surface area contributed by atoms with E-state index in [2.05, 4.69) is 15.3 Å². The van der Waals surface area contributed by atoms with Crippen molar-refractivity contribution in [3.8, 4) is 17.0 Å². The number of nitrogens with one attached hydrogen (secondary N) is 1. The molecule has 100 valence electrons. The highest BCUT2D eigenvalue weighted by Crippen LogP contribution is 2.32. The zero-order chi connectivity index (χ0) is 13.7. The number of anilines is 1. The fourth-order valence-electron chi connectivity index (χ4n) is 1.85. The molecule has 2 aromatic rings. The smallest absolute Gasteiger partial charge is 0.152 e. The van der Waals surface area contributed by atoms with E-state index in [-0.39, 0.29) is 6.10 Å². The molecule has 0 saturated carbocycles. The van der Waals surface area contributed by atoms with Crippen molar-refractivity contribution in [3.63, 3.8) is 0 Å². The molecule has 0 amide bonds. The van der Waals surface area contributed by atoms with Crippen LogP contribution >= 0.6 is 0 Å². The van der Waals surface area contributed by atoms with E-state index in [4.69, 9.17) is 4.74 Å². The molecule has 1 heterocycles. The van der Waals surface area contributed by atoms with E-state index >= 15 is 0 Å². The van der Waals surface area contributed by atoms with Gasteiger partial charge in [0.1, 0.15) is 11.4 Å². The van der Waals surface area contributed by atoms with Gasteiger partial charge in [-0.1, -0.05) is 12.1 Å². The molecule has 0 aliphatic heterocycles. The summed E-state index contributed by atoms with van der Waals surface area (Å²) >= 11 is 0. The van der Waals surface area contributed by atoms with Crippen LogP contribution in [0.3, 0.4) is 0 Å². The van der Waals surface area contributed by atoms with Crippen LogP contribution in [-0.4, -0.2) is 22.6 Å². The molecule has 1 N–H and O–H groups in total. The highest BCUT2D eigenvalue weighted by molar-refractivity contribution is 5.76. The summed E-state index contributed by atoms with van der Waals surface area (Å²) in [5.74, 6) is 1.61. The Balaban J connectivity index is 2.46. The Morgan fingerprint density at radius 2 is 1.89 bits per heavy atom. The highest BCUT2D eigenvalue weighted by Gasteiger charge is 2.12. The number of ether oxygens (including phenoxy) is 1. The maximum absolute atomic E-state index is 5.84. The Kier molecular flexibility index (Phi) is 4.34. The molecule has 0 fully saturated rings. The van der Waals surface area contributed by atoms with Crippen LogP contribution in [-0.2, 0) is 0 Å². The minimum absolute atomic E-state index is 0.125. The quantitative estimate of drug-likeness (QED) is 0.892. The van der Waals surface area contributed by atoms with Gasteiger partial charge in [0.05, 0.1) is 6.10 Å². The van der Waals surface area contributed by atoms with Gasteiger partial charge >= 0.3 is 0 Å². The van der Waals surface area contributed by atoms with Crippen molar-refractivity contribution in [1.29, 1.82) is 0 Å². The fourth-order valence-corrected chi connectivity index (χ4v) is 1.85. The molecule has 4 heteroatoms. The minimum Gasteiger partial charge on any atom is -0.490 e. The van der Waals surface area contributed by atoms with Crippen LogP contribution in [0.15, 0.2) is 36.7 Å². The third-order valence-corrected chi connectivity index (χ3v) is 2.55. The number of benzene rings is 1. The first-order valence-electron chi connectivity index (χ1n) is 6.53. The van der Waals surface area contributed by atoms with Crippen molar-refractivity contribution in [3.05, 3.63) is 36.7 Å². The fraction of sp³-hybridized carbons (Fsp3) is 0.333. The van der Waals surface area contributed by atoms with Crippen molar-refractivity contribution >= 4 is 5.82 Å². The van der Waals surface area contributed by atoms with Gasteiger partial charge in [-0.05, 0) is 32.9 Å². The van der Waals surface area contributed by atoms with Gasteiger partial charge in [-0.3, -0.25) is 4.98 Å². The highest BCUT2D eigenvalue weighted by atomic mass is 16.5. The van der Waals surface area contributed by atoms with Crippen LogP contribution in [0, 0.1) is 0 Å². The molecule has 1 aromatic carbocycles. The van der Waals surface area contributed by atoms with E-state index in [0.717, 1.165) is 29.4 Å². The normalized spacial score (nSPS) is 10.5. The second-order valence-electron chi connectivity index (χ2n) is 4.45. The van der Waals surface area contributed by atoms with Gasteiger partial charge in [0.15, 0.2) is 5.82 Å². The molecule has 0 saturated heterocycles. The van der Waals surface area contributed by atoms with Crippen molar-refractivity contribution < 1.29 is 4.74 Å². The number of rotatable bonds is 5. The molecule has 0 atom stereocenters. The Labute approximate surface area is 113 Å². The third-order valence-electron chi connectivity index (χ3n) is 2.55. The van der Waals surface area contributed by atoms with Gasteiger partial charge < -0.3 is 10.1 Å². The first-order chi connectivity index (χ1) is 9.22. The zero-order valence-corrected chi connectivity index (χ0v) is 11.6. The van der Waals surface area contributed by atoms with E-state index in [0.29, 0.717) is 0 Å². The van der Waals surface area contributed by atoms with Crippen LogP contribution < -0.4 is 10.1 Å². The van der Waals surface area contributed by atoms with E-state index in [9.17, 15) is 0 Å². The lowest BCUT2D eigenvalue weighted by atomic mass is 10.1. The predicted octanol–water partition coefficient (Wildman–Crippen LogP) is 3.36. The molecule has 0 aliphatic carbocycles. The van der Waals surface area contributed by atoms with Gasteiger partial charge in [0.2, 0.25) is 0 Å². The standard InChI is InChI=1S/C15H19N3O/c1-4-16-15-14(17-9-10-18-15)12-7-5-6-8-13(12)19-11(2)3/h5-11H,4H2,1-3H3,(H,16,18). The molecule has 2 rings (SSSR count). The van der Waals surface area contributed by atoms with Crippen LogP contribution in [0.2, 0.25) is 0 Å². The Morgan fingerprint density at radius 3 is 2.63 bits per heavy atom. The summed E-state index contributed by atoms with van der Waals surface area (Å²) in [6.07, 6.45) is 3.51. The van der Waals surface area contributed by atoms with Gasteiger partial charge in [-0.15, -0.1) is 0 Å². The zero-order valence-electron chi connectivity index (χ0n) is 11.6. The molecule has 19 heavy (non-hydrogen) atoms. The predicted molar refractivity (Wildman–Crippen MR) is 77.4 cm³/mol. The number of aromatic nitrogens is 2. The molecule has 1 aromatic heterocycles. The molecule has 0 unspecified atom stereocenters. The molecular formula is C15H19N3O. The van der Waals surface area contributed by atoms with Crippen molar-refractivity contribution in [2.75, 3.05) is 11.9 Å². The molecule has 0 bridgehead atoms. The summed E-state index contributed by atoms with van der Waals surface area (Å²) in [5, 5.41) is 3.23. The first kappa shape index (κ1) is 13.3. The van der Waals surface area contributed by atoms with Crippen LogP contribution in [0.1, 0.15) is 20.8 Å². The van der Waals surface area contributed by atoms with Crippen LogP contribution in [0.25, 0.3) is 11.3 Å². The van der Waals surface area contributed by atoms with Crippen LogP contribution in [0.5, 0.6) is 5.75 Å². The Morgan fingerprint density at radius 1 is 1.16 bits per heavy atom. The first-order valence-corrected chi connectivity index (χ1v) is 6.53. The van der Waals surface area contributed by atoms with Gasteiger partial charge in [-0.2, -0.15) is 0 Å². The topological polar surface area (TPSA) is 47.0 Å². The second kappa shape index (κ2) is 6.18. The van der Waals surface area contributed by atoms with E-state index < -0.39 is 0 Å². The molecule has 0 radical (unpaired) electrons. The van der Waals surface area contributed by atoms with Crippen molar-refractivity contribution in [1.82, 2.24) is 9.97 Å². The lowest BCUT2D eigenvalue weighted by Crippen LogP contribution is -2.08. The second-order valence-corrected chi connectivity index (χ2v) is 4.45. The Hall–Kier alpha value is -2.10. The summed E-state index contributed by atoms with van der Waals surface area (Å²) < 4.78 is 5.84. The third kappa shape index (κ3) is 3.22. The summed E-state index contributed by atoms with van der Waals surface area (Å²) in [6, 6.07) is 7.90. The molecule has 4 nitrogen and oxygen atoms in total. The average molecular weight is 257 g/mol. The monoisotopic (exact) mass is 257 g/mol. The summed E-state index contributed by atoms with van der Waals surface area (Å²) in [7, 11) is 0. The lowest BCUT2D eigenvalue weighted by molar-refractivity contribution is 0.243. The summed E-state index contributed by atoms with van der Waals surface area (Å²) in [5.41, 5.74) is 1.78. The van der Waals surface area contributed by atoms with Crippen molar-refractivity contribution in [2.45, 2.75) is 26.9 Å². The van der Waals surface area contributed by atoms with Gasteiger partial charge in [-0.25, -0.2) is 4.98 Å².